The summed E-state index contributed by atoms with van der Waals surface area (Å²) in [6.45, 7) is 4.41. The molecule has 1 amide bonds. The normalized spacial score (nSPS) is 15.8. The topological polar surface area (TPSA) is 44.7 Å². The van der Waals surface area contributed by atoms with Gasteiger partial charge in [-0.2, -0.15) is 0 Å². The van der Waals surface area contributed by atoms with Gasteiger partial charge in [-0.3, -0.25) is 4.79 Å². The van der Waals surface area contributed by atoms with E-state index in [0.29, 0.717) is 5.02 Å². The molecule has 170 valence electrons. The lowest BCUT2D eigenvalue weighted by atomic mass is 9.95. The molecule has 0 bridgehead atoms. The van der Waals surface area contributed by atoms with Gasteiger partial charge in [0.15, 0.2) is 0 Å². The van der Waals surface area contributed by atoms with Gasteiger partial charge in [0, 0.05) is 40.6 Å². The predicted octanol–water partition coefficient (Wildman–Crippen LogP) is 7.19. The van der Waals surface area contributed by atoms with Gasteiger partial charge in [0.2, 0.25) is 0 Å². The monoisotopic (exact) mass is 477 g/mol. The number of hydrogen-bond acceptors (Lipinski definition) is 4. The number of carbonyl (C=O) groups is 1. The zero-order valence-electron chi connectivity index (χ0n) is 18.9. The molecule has 1 saturated heterocycles. The van der Waals surface area contributed by atoms with Gasteiger partial charge in [-0.25, -0.2) is 4.99 Å². The van der Waals surface area contributed by atoms with E-state index in [2.05, 4.69) is 35.3 Å². The molecule has 3 aromatic rings. The summed E-state index contributed by atoms with van der Waals surface area (Å²) in [5, 5.41) is 4.49. The molecule has 2 heterocycles. The molecule has 6 heteroatoms. The van der Waals surface area contributed by atoms with Crippen molar-refractivity contribution in [3.8, 4) is 0 Å². The highest BCUT2D eigenvalue weighted by Gasteiger charge is 2.25. The van der Waals surface area contributed by atoms with Gasteiger partial charge in [0.05, 0.1) is 5.56 Å². The fourth-order valence-corrected chi connectivity index (χ4v) is 6.06. The van der Waals surface area contributed by atoms with Gasteiger partial charge in [0.25, 0.3) is 5.91 Å². The number of nitrogens with one attached hydrogen (secondary N) is 1. The maximum absolute atomic E-state index is 13.3. The average Bonchev–Trinajstić information content (AvgIpc) is 3.48. The molecular formula is C27H28ClN3OS. The van der Waals surface area contributed by atoms with Crippen molar-refractivity contribution in [1.82, 2.24) is 0 Å². The molecule has 1 aromatic heterocycles. The summed E-state index contributed by atoms with van der Waals surface area (Å²) >= 11 is 7.66. The third kappa shape index (κ3) is 4.85. The molecule has 5 rings (SSSR count). The Morgan fingerprint density at radius 1 is 1.06 bits per heavy atom. The molecule has 4 nitrogen and oxygen atoms in total. The number of carbonyl (C=O) groups excluding carboxylic acids is 1. The molecule has 1 aliphatic carbocycles. The third-order valence-electron chi connectivity index (χ3n) is 6.53. The van der Waals surface area contributed by atoms with Crippen LogP contribution in [0, 0.1) is 6.92 Å². The number of amides is 1. The lowest BCUT2D eigenvalue weighted by molar-refractivity contribution is 0.102. The number of rotatable bonds is 5. The number of halogens is 1. The minimum atomic E-state index is -0.0926. The summed E-state index contributed by atoms with van der Waals surface area (Å²) in [7, 11) is 0. The van der Waals surface area contributed by atoms with Crippen LogP contribution in [0.5, 0.6) is 0 Å². The Morgan fingerprint density at radius 3 is 2.58 bits per heavy atom. The molecule has 0 atom stereocenters. The van der Waals surface area contributed by atoms with Crippen LogP contribution in [-0.2, 0) is 12.8 Å². The van der Waals surface area contributed by atoms with Crippen molar-refractivity contribution in [3.05, 3.63) is 74.6 Å². The molecule has 0 saturated carbocycles. The molecule has 1 fully saturated rings. The Hall–Kier alpha value is -2.63. The van der Waals surface area contributed by atoms with E-state index in [1.807, 2.05) is 18.3 Å². The number of nitrogens with zero attached hydrogens (tertiary/aromatic N) is 2. The van der Waals surface area contributed by atoms with E-state index in [1.165, 1.54) is 41.0 Å². The second-order valence-corrected chi connectivity index (χ2v) is 10.4. The summed E-state index contributed by atoms with van der Waals surface area (Å²) in [6, 6.07) is 13.8. The number of thiophene rings is 1. The van der Waals surface area contributed by atoms with Crippen molar-refractivity contribution in [2.45, 2.75) is 45.4 Å². The van der Waals surface area contributed by atoms with E-state index >= 15 is 0 Å². The van der Waals surface area contributed by atoms with E-state index in [9.17, 15) is 4.79 Å². The Balaban J connectivity index is 1.43. The zero-order valence-corrected chi connectivity index (χ0v) is 20.4. The van der Waals surface area contributed by atoms with Crippen LogP contribution in [0.4, 0.5) is 16.4 Å². The summed E-state index contributed by atoms with van der Waals surface area (Å²) < 4.78 is 0. The summed E-state index contributed by atoms with van der Waals surface area (Å²) in [5.41, 5.74) is 6.23. The molecule has 1 aliphatic heterocycles. The van der Waals surface area contributed by atoms with Crippen molar-refractivity contribution >= 4 is 51.4 Å². The van der Waals surface area contributed by atoms with E-state index in [0.717, 1.165) is 54.2 Å². The van der Waals surface area contributed by atoms with Crippen LogP contribution in [0.2, 0.25) is 5.02 Å². The molecule has 2 aliphatic rings. The maximum atomic E-state index is 13.3. The zero-order chi connectivity index (χ0) is 22.8. The van der Waals surface area contributed by atoms with Gasteiger partial charge in [-0.15, -0.1) is 11.3 Å². The number of hydrogen-bond donors (Lipinski definition) is 1. The molecule has 2 aromatic carbocycles. The Morgan fingerprint density at radius 2 is 1.82 bits per heavy atom. The highest BCUT2D eigenvalue weighted by Crippen LogP contribution is 2.40. The third-order valence-corrected chi connectivity index (χ3v) is 7.98. The molecule has 0 spiro atoms. The van der Waals surface area contributed by atoms with Gasteiger partial charge >= 0.3 is 0 Å². The average molecular weight is 478 g/mol. The van der Waals surface area contributed by atoms with Crippen LogP contribution in [0.25, 0.3) is 0 Å². The second-order valence-electron chi connectivity index (χ2n) is 8.85. The number of benzene rings is 2. The summed E-state index contributed by atoms with van der Waals surface area (Å²) in [6.07, 6.45) is 8.71. The first-order valence-electron chi connectivity index (χ1n) is 11.7. The van der Waals surface area contributed by atoms with Gasteiger partial charge in [0.1, 0.15) is 5.00 Å². The van der Waals surface area contributed by atoms with Gasteiger partial charge in [-0.1, -0.05) is 17.7 Å². The minimum Gasteiger partial charge on any atom is -0.372 e. The Labute approximate surface area is 204 Å². The lowest BCUT2D eigenvalue weighted by Gasteiger charge is -2.18. The largest absolute Gasteiger partial charge is 0.372 e. The minimum absolute atomic E-state index is 0.0926. The van der Waals surface area contributed by atoms with E-state index in [1.54, 1.807) is 23.5 Å². The first kappa shape index (κ1) is 22.2. The maximum Gasteiger partial charge on any atom is 0.259 e. The smallest absolute Gasteiger partial charge is 0.259 e. The standard InChI is InChI=1S/C27H28ClN3OS/c1-18-16-22(31-14-4-5-15-31)13-8-19(18)17-29-27-25(23-6-2-3-7-24(23)33-27)26(32)30-21-11-9-20(28)10-12-21/h8-13,16-17H,2-7,14-15H2,1H3,(H,30,32). The van der Waals surface area contributed by atoms with Crippen LogP contribution in [0.15, 0.2) is 47.5 Å². The predicted molar refractivity (Wildman–Crippen MR) is 140 cm³/mol. The molecular weight excluding hydrogens is 450 g/mol. The van der Waals surface area contributed by atoms with Crippen LogP contribution < -0.4 is 10.2 Å². The quantitative estimate of drug-likeness (QED) is 0.395. The van der Waals surface area contributed by atoms with E-state index in [4.69, 9.17) is 16.6 Å². The van der Waals surface area contributed by atoms with Crippen LogP contribution in [0.1, 0.15) is 57.6 Å². The van der Waals surface area contributed by atoms with Crippen LogP contribution in [0.3, 0.4) is 0 Å². The first-order chi connectivity index (χ1) is 16.1. The van der Waals surface area contributed by atoms with Crippen molar-refractivity contribution in [3.63, 3.8) is 0 Å². The van der Waals surface area contributed by atoms with Crippen molar-refractivity contribution in [2.75, 3.05) is 23.3 Å². The number of aliphatic imine (C=N–C) groups is 1. The fourth-order valence-electron chi connectivity index (χ4n) is 4.71. The Bertz CT molecular complexity index is 1190. The van der Waals surface area contributed by atoms with Crippen LogP contribution >= 0.6 is 22.9 Å². The summed E-state index contributed by atoms with van der Waals surface area (Å²) in [4.78, 5) is 21.9. The molecule has 1 N–H and O–H groups in total. The van der Waals surface area contributed by atoms with E-state index < -0.39 is 0 Å². The SMILES string of the molecule is Cc1cc(N2CCCC2)ccc1C=Nc1sc2c(c1C(=O)Nc1ccc(Cl)cc1)CCCC2. The molecule has 33 heavy (non-hydrogen) atoms. The number of aryl methyl sites for hydroxylation is 2. The van der Waals surface area contributed by atoms with E-state index in [-0.39, 0.29) is 5.91 Å². The summed E-state index contributed by atoms with van der Waals surface area (Å²) in [5.74, 6) is -0.0926. The highest BCUT2D eigenvalue weighted by molar-refractivity contribution is 7.16. The highest BCUT2D eigenvalue weighted by atomic mass is 35.5. The number of anilines is 2. The van der Waals surface area contributed by atoms with Gasteiger partial charge in [-0.05, 0) is 98.5 Å². The number of fused-ring (bicyclic) bond motifs is 1. The lowest BCUT2D eigenvalue weighted by Crippen LogP contribution is -2.17. The van der Waals surface area contributed by atoms with Crippen molar-refractivity contribution in [2.24, 2.45) is 4.99 Å². The van der Waals surface area contributed by atoms with Gasteiger partial charge < -0.3 is 10.2 Å². The molecule has 0 unspecified atom stereocenters. The van der Waals surface area contributed by atoms with Crippen molar-refractivity contribution in [1.29, 1.82) is 0 Å². The first-order valence-corrected chi connectivity index (χ1v) is 12.9. The second kappa shape index (κ2) is 9.70. The van der Waals surface area contributed by atoms with Crippen molar-refractivity contribution < 1.29 is 4.79 Å². The van der Waals surface area contributed by atoms with Crippen LogP contribution in [-0.4, -0.2) is 25.2 Å². The molecule has 0 radical (unpaired) electrons. The fraction of sp³-hybridized carbons (Fsp3) is 0.333. The Kier molecular flexibility index (Phi) is 6.52.